The molecule has 108 valence electrons. The predicted octanol–water partition coefficient (Wildman–Crippen LogP) is 2.34. The van der Waals surface area contributed by atoms with Gasteiger partial charge >= 0.3 is 0 Å². The van der Waals surface area contributed by atoms with Gasteiger partial charge in [0.15, 0.2) is 0 Å². The Labute approximate surface area is 123 Å². The second-order valence-electron chi connectivity index (χ2n) is 5.07. The lowest BCUT2D eigenvalue weighted by atomic mass is 10.3. The van der Waals surface area contributed by atoms with Gasteiger partial charge in [-0.25, -0.2) is 9.97 Å². The lowest BCUT2D eigenvalue weighted by molar-refractivity contribution is -0.0219. The third-order valence-electron chi connectivity index (χ3n) is 3.41. The highest BCUT2D eigenvalue weighted by molar-refractivity contribution is 7.16. The van der Waals surface area contributed by atoms with E-state index in [1.54, 1.807) is 11.3 Å². The van der Waals surface area contributed by atoms with Crippen molar-refractivity contribution in [1.82, 2.24) is 14.9 Å². The van der Waals surface area contributed by atoms with Gasteiger partial charge in [-0.1, -0.05) is 0 Å². The Bertz CT molecular complexity index is 586. The molecule has 1 N–H and O–H groups in total. The van der Waals surface area contributed by atoms with Gasteiger partial charge < -0.3 is 10.1 Å². The quantitative estimate of drug-likeness (QED) is 0.937. The van der Waals surface area contributed by atoms with Crippen LogP contribution in [0.3, 0.4) is 0 Å². The summed E-state index contributed by atoms with van der Waals surface area (Å²) in [6.45, 7) is 8.55. The standard InChI is InChI=1S/C14H20N4OS/c1-3-15-13-11-4-7-20-14(11)17-12(16-13)9-18-5-6-19-10(2)8-18/h4,7,10H,3,5-6,8-9H2,1-2H3,(H,15,16,17). The number of aromatic nitrogens is 2. The van der Waals surface area contributed by atoms with Crippen molar-refractivity contribution in [3.63, 3.8) is 0 Å². The van der Waals surface area contributed by atoms with Crippen LogP contribution in [0.5, 0.6) is 0 Å². The summed E-state index contributed by atoms with van der Waals surface area (Å²) >= 11 is 1.67. The number of rotatable bonds is 4. The van der Waals surface area contributed by atoms with E-state index in [1.807, 2.05) is 0 Å². The molecular weight excluding hydrogens is 272 g/mol. The highest BCUT2D eigenvalue weighted by Crippen LogP contribution is 2.25. The molecule has 0 aromatic carbocycles. The number of morpholine rings is 1. The second-order valence-corrected chi connectivity index (χ2v) is 5.97. The molecule has 1 saturated heterocycles. The molecule has 3 rings (SSSR count). The first-order valence-electron chi connectivity index (χ1n) is 7.08. The van der Waals surface area contributed by atoms with Crippen LogP contribution in [0, 0.1) is 0 Å². The molecule has 6 heteroatoms. The number of fused-ring (bicyclic) bond motifs is 1. The molecule has 0 amide bonds. The highest BCUT2D eigenvalue weighted by Gasteiger charge is 2.18. The second kappa shape index (κ2) is 6.03. The molecule has 0 spiro atoms. The first-order chi connectivity index (χ1) is 9.76. The average Bonchev–Trinajstić information content (AvgIpc) is 2.87. The summed E-state index contributed by atoms with van der Waals surface area (Å²) in [5.41, 5.74) is 0. The minimum Gasteiger partial charge on any atom is -0.376 e. The Hall–Kier alpha value is -1.24. The van der Waals surface area contributed by atoms with Crippen LogP contribution < -0.4 is 5.32 Å². The van der Waals surface area contributed by atoms with Crippen LogP contribution >= 0.6 is 11.3 Å². The van der Waals surface area contributed by atoms with E-state index in [0.29, 0.717) is 6.10 Å². The van der Waals surface area contributed by atoms with E-state index in [0.717, 1.165) is 54.6 Å². The lowest BCUT2D eigenvalue weighted by Crippen LogP contribution is -2.40. The molecule has 2 aromatic heterocycles. The van der Waals surface area contributed by atoms with Crippen molar-refractivity contribution >= 4 is 27.4 Å². The molecule has 0 radical (unpaired) electrons. The highest BCUT2D eigenvalue weighted by atomic mass is 32.1. The zero-order valence-electron chi connectivity index (χ0n) is 11.9. The van der Waals surface area contributed by atoms with Gasteiger partial charge in [-0.2, -0.15) is 0 Å². The van der Waals surface area contributed by atoms with Crippen LogP contribution in [0.1, 0.15) is 19.7 Å². The summed E-state index contributed by atoms with van der Waals surface area (Å²) in [5.74, 6) is 1.85. The Kier molecular flexibility index (Phi) is 4.14. The molecule has 1 aliphatic heterocycles. The first kappa shape index (κ1) is 13.7. The molecule has 5 nitrogen and oxygen atoms in total. The maximum atomic E-state index is 5.57. The van der Waals surface area contributed by atoms with Gasteiger partial charge in [-0.15, -0.1) is 11.3 Å². The topological polar surface area (TPSA) is 50.3 Å². The summed E-state index contributed by atoms with van der Waals surface area (Å²) < 4.78 is 5.57. The van der Waals surface area contributed by atoms with Crippen molar-refractivity contribution in [2.24, 2.45) is 0 Å². The number of nitrogens with one attached hydrogen (secondary N) is 1. The summed E-state index contributed by atoms with van der Waals surface area (Å²) in [7, 11) is 0. The van der Waals surface area contributed by atoms with Gasteiger partial charge in [-0.3, -0.25) is 4.90 Å². The predicted molar refractivity (Wildman–Crippen MR) is 82.3 cm³/mol. The van der Waals surface area contributed by atoms with Crippen molar-refractivity contribution in [1.29, 1.82) is 0 Å². The minimum absolute atomic E-state index is 0.294. The van der Waals surface area contributed by atoms with Crippen molar-refractivity contribution in [3.05, 3.63) is 17.3 Å². The number of thiophene rings is 1. The molecule has 0 saturated carbocycles. The van der Waals surface area contributed by atoms with Gasteiger partial charge in [0.1, 0.15) is 16.5 Å². The van der Waals surface area contributed by atoms with Crippen LogP contribution in [-0.4, -0.2) is 47.2 Å². The number of hydrogen-bond acceptors (Lipinski definition) is 6. The largest absolute Gasteiger partial charge is 0.376 e. The van der Waals surface area contributed by atoms with Crippen molar-refractivity contribution in [3.8, 4) is 0 Å². The van der Waals surface area contributed by atoms with E-state index in [2.05, 4.69) is 45.5 Å². The van der Waals surface area contributed by atoms with Crippen molar-refractivity contribution < 1.29 is 4.74 Å². The molecule has 1 fully saturated rings. The molecule has 1 aliphatic rings. The molecule has 2 aromatic rings. The summed E-state index contributed by atoms with van der Waals surface area (Å²) in [6, 6.07) is 2.08. The van der Waals surface area contributed by atoms with E-state index in [4.69, 9.17) is 4.74 Å². The minimum atomic E-state index is 0.294. The van der Waals surface area contributed by atoms with E-state index in [1.165, 1.54) is 0 Å². The first-order valence-corrected chi connectivity index (χ1v) is 7.96. The Morgan fingerprint density at radius 1 is 1.50 bits per heavy atom. The zero-order chi connectivity index (χ0) is 13.9. The molecular formula is C14H20N4OS. The smallest absolute Gasteiger partial charge is 0.146 e. The Morgan fingerprint density at radius 2 is 2.40 bits per heavy atom. The summed E-state index contributed by atoms with van der Waals surface area (Å²) in [5, 5.41) is 6.53. The van der Waals surface area contributed by atoms with E-state index in [-0.39, 0.29) is 0 Å². The SMILES string of the molecule is CCNc1nc(CN2CCOC(C)C2)nc2sccc12. The average molecular weight is 292 g/mol. The summed E-state index contributed by atoms with van der Waals surface area (Å²) in [4.78, 5) is 12.8. The van der Waals surface area contributed by atoms with Gasteiger partial charge in [0.2, 0.25) is 0 Å². The maximum Gasteiger partial charge on any atom is 0.146 e. The van der Waals surface area contributed by atoms with Crippen LogP contribution in [-0.2, 0) is 11.3 Å². The third kappa shape index (κ3) is 2.92. The monoisotopic (exact) mass is 292 g/mol. The van der Waals surface area contributed by atoms with Gasteiger partial charge in [-0.05, 0) is 25.3 Å². The summed E-state index contributed by atoms with van der Waals surface area (Å²) in [6.07, 6.45) is 0.294. The van der Waals surface area contributed by atoms with Crippen LogP contribution in [0.2, 0.25) is 0 Å². The van der Waals surface area contributed by atoms with E-state index >= 15 is 0 Å². The molecule has 0 aliphatic carbocycles. The van der Waals surface area contributed by atoms with Gasteiger partial charge in [0.05, 0.1) is 24.6 Å². The Morgan fingerprint density at radius 3 is 3.20 bits per heavy atom. The van der Waals surface area contributed by atoms with Gasteiger partial charge in [0, 0.05) is 19.6 Å². The number of hydrogen-bond donors (Lipinski definition) is 1. The molecule has 1 atom stereocenters. The molecule has 1 unspecified atom stereocenters. The van der Waals surface area contributed by atoms with Crippen molar-refractivity contribution in [2.75, 3.05) is 31.6 Å². The fraction of sp³-hybridized carbons (Fsp3) is 0.571. The number of anilines is 1. The number of nitrogens with zero attached hydrogens (tertiary/aromatic N) is 3. The molecule has 3 heterocycles. The number of ether oxygens (including phenoxy) is 1. The lowest BCUT2D eigenvalue weighted by Gasteiger charge is -2.30. The van der Waals surface area contributed by atoms with Crippen LogP contribution in [0.15, 0.2) is 11.4 Å². The molecule has 20 heavy (non-hydrogen) atoms. The van der Waals surface area contributed by atoms with Crippen molar-refractivity contribution in [2.45, 2.75) is 26.5 Å². The molecule has 0 bridgehead atoms. The van der Waals surface area contributed by atoms with Crippen LogP contribution in [0.25, 0.3) is 10.2 Å². The fourth-order valence-electron chi connectivity index (χ4n) is 2.51. The van der Waals surface area contributed by atoms with E-state index < -0.39 is 0 Å². The van der Waals surface area contributed by atoms with Gasteiger partial charge in [0.25, 0.3) is 0 Å². The Balaban J connectivity index is 1.83. The fourth-order valence-corrected chi connectivity index (χ4v) is 3.29. The zero-order valence-corrected chi connectivity index (χ0v) is 12.7. The van der Waals surface area contributed by atoms with E-state index in [9.17, 15) is 0 Å². The third-order valence-corrected chi connectivity index (χ3v) is 4.21. The normalized spacial score (nSPS) is 20.4. The maximum absolute atomic E-state index is 5.57. The van der Waals surface area contributed by atoms with Crippen LogP contribution in [0.4, 0.5) is 5.82 Å².